The molecule has 0 radical (unpaired) electrons. The van der Waals surface area contributed by atoms with Crippen LogP contribution in [0.2, 0.25) is 5.02 Å². The number of methoxy groups -OCH3 is 1. The predicted octanol–water partition coefficient (Wildman–Crippen LogP) is 4.45. The van der Waals surface area contributed by atoms with Crippen LogP contribution in [0.15, 0.2) is 36.7 Å². The Morgan fingerprint density at radius 1 is 1.21 bits per heavy atom. The molecule has 0 unspecified atom stereocenters. The van der Waals surface area contributed by atoms with E-state index in [1.165, 1.54) is 38.3 Å². The molecule has 1 fully saturated rings. The fourth-order valence-corrected chi connectivity index (χ4v) is 4.86. The number of hydrogen-bond donors (Lipinski definition) is 3. The summed E-state index contributed by atoms with van der Waals surface area (Å²) in [5.41, 5.74) is 3.04. The van der Waals surface area contributed by atoms with Crippen molar-refractivity contribution in [2.45, 2.75) is 39.5 Å². The highest BCUT2D eigenvalue weighted by Crippen LogP contribution is 2.33. The maximum absolute atomic E-state index is 15.0. The number of aromatic nitrogens is 2. The lowest BCUT2D eigenvalue weighted by molar-refractivity contribution is 0.0958. The fourth-order valence-electron chi connectivity index (χ4n) is 4.59. The van der Waals surface area contributed by atoms with Crippen LogP contribution in [0.25, 0.3) is 0 Å². The Labute approximate surface area is 226 Å². The van der Waals surface area contributed by atoms with E-state index < -0.39 is 11.7 Å². The Hall–Kier alpha value is -3.63. The normalized spacial score (nSPS) is 17.2. The van der Waals surface area contributed by atoms with Crippen molar-refractivity contribution in [2.24, 2.45) is 0 Å². The van der Waals surface area contributed by atoms with Crippen molar-refractivity contribution in [1.29, 1.82) is 0 Å². The van der Waals surface area contributed by atoms with E-state index in [0.717, 1.165) is 24.3 Å². The van der Waals surface area contributed by atoms with Crippen molar-refractivity contribution in [3.8, 4) is 11.5 Å². The molecule has 0 bridgehead atoms. The van der Waals surface area contributed by atoms with Crippen LogP contribution in [0.1, 0.15) is 35.3 Å². The number of piperazine rings is 1. The predicted molar refractivity (Wildman–Crippen MR) is 146 cm³/mol. The second-order valence-electron chi connectivity index (χ2n) is 9.34. The van der Waals surface area contributed by atoms with Gasteiger partial charge in [-0.1, -0.05) is 11.6 Å². The highest BCUT2D eigenvalue weighted by molar-refractivity contribution is 6.33. The Bertz CT molecular complexity index is 1300. The average molecular weight is 543 g/mol. The van der Waals surface area contributed by atoms with Crippen LogP contribution < -0.4 is 30.3 Å². The van der Waals surface area contributed by atoms with Gasteiger partial charge in [-0.05, 0) is 50.6 Å². The molecule has 1 aliphatic rings. The van der Waals surface area contributed by atoms with Crippen molar-refractivity contribution in [3.05, 3.63) is 64.2 Å². The van der Waals surface area contributed by atoms with Crippen molar-refractivity contribution >= 4 is 34.8 Å². The lowest BCUT2D eigenvalue weighted by Gasteiger charge is -2.38. The number of nitrogens with zero attached hydrogens (tertiary/aromatic N) is 3. The zero-order chi connectivity index (χ0) is 27.4. The largest absolute Gasteiger partial charge is 0.495 e. The lowest BCUT2D eigenvalue weighted by atomic mass is 10.1. The zero-order valence-electron chi connectivity index (χ0n) is 22.1. The first kappa shape index (κ1) is 27.4. The topological polar surface area (TPSA) is 101 Å². The summed E-state index contributed by atoms with van der Waals surface area (Å²) in [7, 11) is 2.80. The monoisotopic (exact) mass is 542 g/mol. The van der Waals surface area contributed by atoms with Crippen LogP contribution in [0.5, 0.6) is 11.5 Å². The molecule has 1 amide bonds. The molecule has 1 saturated heterocycles. The molecule has 2 aromatic carbocycles. The van der Waals surface area contributed by atoms with Crippen molar-refractivity contribution in [1.82, 2.24) is 20.6 Å². The number of aryl methyl sites for hydroxylation is 1. The van der Waals surface area contributed by atoms with Crippen LogP contribution >= 0.6 is 11.6 Å². The molecular weight excluding hydrogens is 511 g/mol. The minimum Gasteiger partial charge on any atom is -0.495 e. The highest BCUT2D eigenvalue weighted by atomic mass is 35.5. The quantitative estimate of drug-likeness (QED) is 0.384. The number of ether oxygens (including phenoxy) is 2. The number of hydrogen-bond acceptors (Lipinski definition) is 8. The summed E-state index contributed by atoms with van der Waals surface area (Å²) in [6.45, 7) is 8.16. The Morgan fingerprint density at radius 3 is 2.50 bits per heavy atom. The van der Waals surface area contributed by atoms with Gasteiger partial charge in [-0.3, -0.25) is 4.79 Å². The van der Waals surface area contributed by atoms with Gasteiger partial charge < -0.3 is 30.3 Å². The number of halogens is 2. The van der Waals surface area contributed by atoms with Gasteiger partial charge in [-0.2, -0.15) is 0 Å². The van der Waals surface area contributed by atoms with E-state index >= 15 is 0 Å². The summed E-state index contributed by atoms with van der Waals surface area (Å²) in [4.78, 5) is 23.1. The third-order valence-corrected chi connectivity index (χ3v) is 6.73. The molecular formula is C27H32ClFN6O3. The van der Waals surface area contributed by atoms with Crippen LogP contribution in [-0.2, 0) is 6.61 Å². The van der Waals surface area contributed by atoms with Crippen molar-refractivity contribution in [3.63, 3.8) is 0 Å². The molecule has 1 aromatic heterocycles. The van der Waals surface area contributed by atoms with Crippen LogP contribution in [0.3, 0.4) is 0 Å². The van der Waals surface area contributed by atoms with Gasteiger partial charge in [0.2, 0.25) is 5.95 Å². The molecule has 4 rings (SSSR count). The molecule has 0 aliphatic carbocycles. The number of carbonyl (C=O) groups is 1. The second-order valence-corrected chi connectivity index (χ2v) is 9.72. The number of amides is 1. The van der Waals surface area contributed by atoms with Gasteiger partial charge in [0.25, 0.3) is 5.91 Å². The van der Waals surface area contributed by atoms with E-state index in [1.807, 2.05) is 6.07 Å². The molecule has 3 aromatic rings. The molecule has 202 valence electrons. The van der Waals surface area contributed by atoms with Gasteiger partial charge in [0, 0.05) is 49.2 Å². The molecule has 38 heavy (non-hydrogen) atoms. The first-order valence-corrected chi connectivity index (χ1v) is 12.7. The summed E-state index contributed by atoms with van der Waals surface area (Å²) >= 11 is 6.28. The number of benzene rings is 2. The Morgan fingerprint density at radius 2 is 1.89 bits per heavy atom. The standard InChI is InChI=1S/C27H32ClFN6O3/c1-15-8-18(6-7-22(15)35-12-16(2)33-17(3)13-35)34-27-31-10-19(11-32-27)38-14-21-24(28)23(37-5)9-20(25(21)29)26(36)30-4/h6-11,16-17,33H,12-14H2,1-5H3,(H,30,36)(H,31,32,34)/t16-,17+. The van der Waals surface area contributed by atoms with Crippen LogP contribution in [0.4, 0.5) is 21.7 Å². The molecule has 0 saturated carbocycles. The van der Waals surface area contributed by atoms with Gasteiger partial charge in [0.15, 0.2) is 5.75 Å². The van der Waals surface area contributed by atoms with E-state index in [9.17, 15) is 9.18 Å². The molecule has 11 heteroatoms. The smallest absolute Gasteiger partial charge is 0.254 e. The minimum atomic E-state index is -0.780. The summed E-state index contributed by atoms with van der Waals surface area (Å²) in [5, 5.41) is 9.18. The Kier molecular flexibility index (Phi) is 8.53. The van der Waals surface area contributed by atoms with E-state index in [0.29, 0.717) is 23.8 Å². The number of nitrogens with one attached hydrogen (secondary N) is 3. The van der Waals surface area contributed by atoms with Gasteiger partial charge in [0.05, 0.1) is 30.1 Å². The van der Waals surface area contributed by atoms with Crippen molar-refractivity contribution < 1.29 is 18.7 Å². The third kappa shape index (κ3) is 6.08. The number of anilines is 3. The van der Waals surface area contributed by atoms with E-state index in [-0.39, 0.29) is 28.5 Å². The Balaban J connectivity index is 1.43. The molecule has 2 heterocycles. The average Bonchev–Trinajstić information content (AvgIpc) is 2.88. The van der Waals surface area contributed by atoms with E-state index in [2.05, 4.69) is 63.7 Å². The SMILES string of the molecule is CNC(=O)c1cc(OC)c(Cl)c(COc2cnc(Nc3ccc(N4C[C@@H](C)N[C@@H](C)C4)c(C)c3)nc2)c1F. The first-order valence-electron chi connectivity index (χ1n) is 12.3. The summed E-state index contributed by atoms with van der Waals surface area (Å²) in [5.74, 6) is -0.510. The lowest BCUT2D eigenvalue weighted by Crippen LogP contribution is -2.54. The summed E-state index contributed by atoms with van der Waals surface area (Å²) < 4.78 is 25.8. The van der Waals surface area contributed by atoms with E-state index in [1.54, 1.807) is 0 Å². The van der Waals surface area contributed by atoms with Gasteiger partial charge in [0.1, 0.15) is 18.2 Å². The summed E-state index contributed by atoms with van der Waals surface area (Å²) in [6, 6.07) is 8.30. The fraction of sp³-hybridized carbons (Fsp3) is 0.370. The molecule has 1 aliphatic heterocycles. The number of carbonyl (C=O) groups excluding carboxylic acids is 1. The van der Waals surface area contributed by atoms with Gasteiger partial charge in [-0.15, -0.1) is 0 Å². The molecule has 3 N–H and O–H groups in total. The second kappa shape index (κ2) is 11.8. The van der Waals surface area contributed by atoms with Crippen molar-refractivity contribution in [2.75, 3.05) is 37.5 Å². The summed E-state index contributed by atoms with van der Waals surface area (Å²) in [6.07, 6.45) is 2.96. The first-order chi connectivity index (χ1) is 18.2. The molecule has 2 atom stereocenters. The maximum Gasteiger partial charge on any atom is 0.254 e. The molecule has 9 nitrogen and oxygen atoms in total. The third-order valence-electron chi connectivity index (χ3n) is 6.31. The molecule has 0 spiro atoms. The highest BCUT2D eigenvalue weighted by Gasteiger charge is 2.23. The van der Waals surface area contributed by atoms with Gasteiger partial charge in [-0.25, -0.2) is 14.4 Å². The number of rotatable bonds is 8. The van der Waals surface area contributed by atoms with Gasteiger partial charge >= 0.3 is 0 Å². The zero-order valence-corrected chi connectivity index (χ0v) is 22.8. The van der Waals surface area contributed by atoms with Crippen LogP contribution in [0, 0.1) is 12.7 Å². The minimum absolute atomic E-state index is 0.00402. The maximum atomic E-state index is 15.0. The van der Waals surface area contributed by atoms with Crippen LogP contribution in [-0.4, -0.2) is 55.2 Å². The van der Waals surface area contributed by atoms with E-state index in [4.69, 9.17) is 21.1 Å².